The van der Waals surface area contributed by atoms with Gasteiger partial charge in [0.2, 0.25) is 0 Å². The lowest BCUT2D eigenvalue weighted by molar-refractivity contribution is -0.140. The average Bonchev–Trinajstić information content (AvgIpc) is 2.37. The van der Waals surface area contributed by atoms with Crippen LogP contribution in [0.15, 0.2) is 35.1 Å². The largest absolute Gasteiger partial charge is 0.507 e. The van der Waals surface area contributed by atoms with Gasteiger partial charge in [0.1, 0.15) is 17.2 Å². The highest BCUT2D eigenvalue weighted by Crippen LogP contribution is 2.39. The van der Waals surface area contributed by atoms with Gasteiger partial charge in [0.25, 0.3) is 5.56 Å². The van der Waals surface area contributed by atoms with E-state index in [1.165, 1.54) is 31.4 Å². The van der Waals surface area contributed by atoms with Crippen molar-refractivity contribution in [3.05, 3.63) is 46.4 Å². The van der Waals surface area contributed by atoms with Crippen molar-refractivity contribution < 1.29 is 23.0 Å². The molecule has 20 heavy (non-hydrogen) atoms. The summed E-state index contributed by atoms with van der Waals surface area (Å²) in [5.41, 5.74) is -2.66. The molecule has 0 spiro atoms. The van der Waals surface area contributed by atoms with Crippen LogP contribution in [0, 0.1) is 0 Å². The summed E-state index contributed by atoms with van der Waals surface area (Å²) in [5, 5.41) is 9.66. The second-order valence-corrected chi connectivity index (χ2v) is 4.00. The third kappa shape index (κ3) is 2.61. The second kappa shape index (κ2) is 4.92. The molecule has 0 amide bonds. The van der Waals surface area contributed by atoms with Crippen LogP contribution in [0.2, 0.25) is 0 Å². The van der Waals surface area contributed by atoms with Gasteiger partial charge in [0.15, 0.2) is 0 Å². The molecule has 2 N–H and O–H groups in total. The Morgan fingerprint density at radius 3 is 2.30 bits per heavy atom. The van der Waals surface area contributed by atoms with Crippen molar-refractivity contribution in [1.29, 1.82) is 0 Å². The SMILES string of the molecule is COc1ccc(-c2c(O)cc(=O)[nH]c2C(F)(F)F)cc1. The zero-order valence-electron chi connectivity index (χ0n) is 10.3. The summed E-state index contributed by atoms with van der Waals surface area (Å²) in [6.45, 7) is 0. The van der Waals surface area contributed by atoms with Crippen LogP contribution in [-0.4, -0.2) is 17.2 Å². The molecule has 0 aliphatic heterocycles. The first-order valence-electron chi connectivity index (χ1n) is 5.51. The molecule has 106 valence electrons. The molecule has 0 saturated carbocycles. The van der Waals surface area contributed by atoms with E-state index in [4.69, 9.17) is 4.74 Å². The van der Waals surface area contributed by atoms with Crippen LogP contribution in [0.25, 0.3) is 11.1 Å². The fourth-order valence-corrected chi connectivity index (χ4v) is 1.81. The molecule has 0 aliphatic rings. The minimum Gasteiger partial charge on any atom is -0.507 e. The predicted molar refractivity (Wildman–Crippen MR) is 65.7 cm³/mol. The number of aromatic hydroxyl groups is 1. The van der Waals surface area contributed by atoms with Gasteiger partial charge in [-0.1, -0.05) is 12.1 Å². The summed E-state index contributed by atoms with van der Waals surface area (Å²) in [6.07, 6.45) is -4.78. The van der Waals surface area contributed by atoms with Crippen LogP contribution >= 0.6 is 0 Å². The number of ether oxygens (including phenoxy) is 1. The maximum absolute atomic E-state index is 12.9. The Bertz CT molecular complexity index is 675. The fourth-order valence-electron chi connectivity index (χ4n) is 1.81. The summed E-state index contributed by atoms with van der Waals surface area (Å²) < 4.78 is 43.7. The Morgan fingerprint density at radius 1 is 1.20 bits per heavy atom. The van der Waals surface area contributed by atoms with Crippen LogP contribution in [0.5, 0.6) is 11.5 Å². The van der Waals surface area contributed by atoms with Crippen molar-refractivity contribution >= 4 is 0 Å². The summed E-state index contributed by atoms with van der Waals surface area (Å²) in [7, 11) is 1.42. The Kier molecular flexibility index (Phi) is 3.44. The number of nitrogens with one attached hydrogen (secondary N) is 1. The number of benzene rings is 1. The highest BCUT2D eigenvalue weighted by molar-refractivity contribution is 5.73. The molecular weight excluding hydrogens is 275 g/mol. The van der Waals surface area contributed by atoms with Gasteiger partial charge in [-0.25, -0.2) is 0 Å². The monoisotopic (exact) mass is 285 g/mol. The van der Waals surface area contributed by atoms with E-state index in [2.05, 4.69) is 0 Å². The maximum atomic E-state index is 12.9. The van der Waals surface area contributed by atoms with Crippen molar-refractivity contribution in [2.45, 2.75) is 6.18 Å². The van der Waals surface area contributed by atoms with E-state index in [1.54, 1.807) is 4.98 Å². The molecule has 0 atom stereocenters. The third-order valence-corrected chi connectivity index (χ3v) is 2.68. The number of methoxy groups -OCH3 is 1. The van der Waals surface area contributed by atoms with Crippen molar-refractivity contribution in [3.8, 4) is 22.6 Å². The number of H-pyrrole nitrogens is 1. The van der Waals surface area contributed by atoms with Crippen LogP contribution < -0.4 is 10.3 Å². The quantitative estimate of drug-likeness (QED) is 0.891. The highest BCUT2D eigenvalue weighted by atomic mass is 19.4. The molecule has 1 aromatic heterocycles. The van der Waals surface area contributed by atoms with Gasteiger partial charge < -0.3 is 14.8 Å². The van der Waals surface area contributed by atoms with Crippen LogP contribution in [-0.2, 0) is 6.18 Å². The lowest BCUT2D eigenvalue weighted by Gasteiger charge is -2.14. The van der Waals surface area contributed by atoms with Gasteiger partial charge in [0.05, 0.1) is 12.7 Å². The van der Waals surface area contributed by atoms with E-state index in [0.717, 1.165) is 0 Å². The van der Waals surface area contributed by atoms with Crippen molar-refractivity contribution in [2.75, 3.05) is 7.11 Å². The minimum atomic E-state index is -4.78. The first kappa shape index (κ1) is 14.0. The highest BCUT2D eigenvalue weighted by Gasteiger charge is 2.36. The first-order valence-corrected chi connectivity index (χ1v) is 5.51. The molecule has 0 saturated heterocycles. The molecule has 0 fully saturated rings. The van der Waals surface area contributed by atoms with Gasteiger partial charge >= 0.3 is 6.18 Å². The zero-order chi connectivity index (χ0) is 14.9. The summed E-state index contributed by atoms with van der Waals surface area (Å²) in [4.78, 5) is 12.8. The normalized spacial score (nSPS) is 11.4. The first-order chi connectivity index (χ1) is 9.32. The van der Waals surface area contributed by atoms with Crippen molar-refractivity contribution in [1.82, 2.24) is 4.98 Å². The number of alkyl halides is 3. The number of aromatic nitrogens is 1. The lowest BCUT2D eigenvalue weighted by atomic mass is 10.0. The molecule has 0 bridgehead atoms. The van der Waals surface area contributed by atoms with Gasteiger partial charge in [0, 0.05) is 6.07 Å². The van der Waals surface area contributed by atoms with E-state index in [0.29, 0.717) is 11.8 Å². The zero-order valence-corrected chi connectivity index (χ0v) is 10.3. The van der Waals surface area contributed by atoms with E-state index < -0.39 is 28.7 Å². The van der Waals surface area contributed by atoms with Gasteiger partial charge in [-0.3, -0.25) is 4.79 Å². The molecule has 0 unspecified atom stereocenters. The smallest absolute Gasteiger partial charge is 0.432 e. The van der Waals surface area contributed by atoms with Crippen LogP contribution in [0.4, 0.5) is 13.2 Å². The molecule has 0 radical (unpaired) electrons. The predicted octanol–water partition coefficient (Wildman–Crippen LogP) is 2.77. The van der Waals surface area contributed by atoms with Gasteiger partial charge in [-0.05, 0) is 17.7 Å². The van der Waals surface area contributed by atoms with Crippen molar-refractivity contribution in [3.63, 3.8) is 0 Å². The molecular formula is C13H10F3NO3. The number of halogens is 3. The third-order valence-electron chi connectivity index (χ3n) is 2.68. The second-order valence-electron chi connectivity index (χ2n) is 4.00. The molecule has 0 aliphatic carbocycles. The Labute approximate surface area is 111 Å². The Hall–Kier alpha value is -2.44. The van der Waals surface area contributed by atoms with E-state index >= 15 is 0 Å². The van der Waals surface area contributed by atoms with Crippen LogP contribution in [0.1, 0.15) is 5.69 Å². The maximum Gasteiger partial charge on any atom is 0.432 e. The number of hydrogen-bond acceptors (Lipinski definition) is 3. The minimum absolute atomic E-state index is 0.117. The molecule has 1 heterocycles. The summed E-state index contributed by atoms with van der Waals surface area (Å²) in [6, 6.07) is 6.35. The Balaban J connectivity index is 2.68. The van der Waals surface area contributed by atoms with Gasteiger partial charge in [-0.15, -0.1) is 0 Å². The van der Waals surface area contributed by atoms with E-state index in [9.17, 15) is 23.1 Å². The molecule has 7 heteroatoms. The van der Waals surface area contributed by atoms with Crippen molar-refractivity contribution in [2.24, 2.45) is 0 Å². The number of aromatic amines is 1. The summed E-state index contributed by atoms with van der Waals surface area (Å²) in [5.74, 6) is -0.266. The number of pyridine rings is 1. The number of rotatable bonds is 2. The topological polar surface area (TPSA) is 62.3 Å². The lowest BCUT2D eigenvalue weighted by Crippen LogP contribution is -2.17. The van der Waals surface area contributed by atoms with E-state index in [1.807, 2.05) is 0 Å². The van der Waals surface area contributed by atoms with E-state index in [-0.39, 0.29) is 5.56 Å². The fraction of sp³-hybridized carbons (Fsp3) is 0.154. The molecule has 2 aromatic rings. The Morgan fingerprint density at radius 2 is 1.80 bits per heavy atom. The average molecular weight is 285 g/mol. The standard InChI is InChI=1S/C13H10F3NO3/c1-20-8-4-2-7(3-5-8)11-9(18)6-10(19)17-12(11)13(14,15)16/h2-6H,1H3,(H2,17,18,19). The molecule has 4 nitrogen and oxygen atoms in total. The number of hydrogen-bond donors (Lipinski definition) is 2. The molecule has 2 rings (SSSR count). The van der Waals surface area contributed by atoms with Gasteiger partial charge in [-0.2, -0.15) is 13.2 Å². The summed E-state index contributed by atoms with van der Waals surface area (Å²) >= 11 is 0. The van der Waals surface area contributed by atoms with Crippen LogP contribution in [0.3, 0.4) is 0 Å². The molecule has 1 aromatic carbocycles.